The monoisotopic (exact) mass is 526 g/mol. The highest BCUT2D eigenvalue weighted by Gasteiger charge is 2.20. The van der Waals surface area contributed by atoms with Crippen LogP contribution in [0.1, 0.15) is 16.7 Å². The van der Waals surface area contributed by atoms with Crippen molar-refractivity contribution in [2.45, 2.75) is 19.0 Å². The highest BCUT2D eigenvalue weighted by molar-refractivity contribution is 6.03. The summed E-state index contributed by atoms with van der Waals surface area (Å²) in [5, 5.41) is 1.82. The molecule has 39 heavy (non-hydrogen) atoms. The first-order valence-electron chi connectivity index (χ1n) is 12.9. The van der Waals surface area contributed by atoms with Crippen molar-refractivity contribution in [1.82, 2.24) is 4.98 Å². The number of aromatic nitrogens is 1. The zero-order chi connectivity index (χ0) is 27.2. The summed E-state index contributed by atoms with van der Waals surface area (Å²) < 4.78 is 22.8. The van der Waals surface area contributed by atoms with E-state index in [0.29, 0.717) is 49.3 Å². The molecule has 8 nitrogen and oxygen atoms in total. The summed E-state index contributed by atoms with van der Waals surface area (Å²) >= 11 is 0. The van der Waals surface area contributed by atoms with Crippen LogP contribution in [0.3, 0.4) is 0 Å². The molecule has 4 aromatic rings. The molecule has 1 aliphatic rings. The second kappa shape index (κ2) is 12.1. The third kappa shape index (κ3) is 5.92. The van der Waals surface area contributed by atoms with Crippen LogP contribution in [0, 0.1) is 0 Å². The van der Waals surface area contributed by atoms with Crippen LogP contribution in [0.5, 0.6) is 17.2 Å². The van der Waals surface area contributed by atoms with Gasteiger partial charge in [0.2, 0.25) is 0 Å². The molecule has 2 heterocycles. The number of anilines is 2. The van der Waals surface area contributed by atoms with E-state index in [9.17, 15) is 0 Å². The lowest BCUT2D eigenvalue weighted by Gasteiger charge is -2.27. The summed E-state index contributed by atoms with van der Waals surface area (Å²) in [5.41, 5.74) is 17.8. The Labute approximate surface area is 228 Å². The fourth-order valence-corrected chi connectivity index (χ4v) is 4.79. The Morgan fingerprint density at radius 3 is 2.62 bits per heavy atom. The van der Waals surface area contributed by atoms with Crippen LogP contribution in [-0.4, -0.2) is 45.1 Å². The van der Waals surface area contributed by atoms with Crippen LogP contribution in [0.4, 0.5) is 11.4 Å². The quantitative estimate of drug-likeness (QED) is 0.212. The zero-order valence-corrected chi connectivity index (χ0v) is 22.3. The molecule has 0 fully saturated rings. The van der Waals surface area contributed by atoms with Gasteiger partial charge in [-0.25, -0.2) is 0 Å². The van der Waals surface area contributed by atoms with Gasteiger partial charge in [0.1, 0.15) is 19.0 Å². The lowest BCUT2D eigenvalue weighted by Crippen LogP contribution is -2.30. The number of fused-ring (bicyclic) bond motifs is 2. The van der Waals surface area contributed by atoms with Gasteiger partial charge in [0, 0.05) is 54.0 Å². The van der Waals surface area contributed by atoms with Crippen LogP contribution in [0.25, 0.3) is 16.8 Å². The predicted molar refractivity (Wildman–Crippen MR) is 155 cm³/mol. The number of hydrogen-bond donors (Lipinski definition) is 2. The van der Waals surface area contributed by atoms with Crippen LogP contribution in [0.15, 0.2) is 73.2 Å². The van der Waals surface area contributed by atoms with Gasteiger partial charge in [0.05, 0.1) is 31.8 Å². The number of methoxy groups -OCH3 is 2. The average Bonchev–Trinajstić information content (AvgIpc) is 2.97. The summed E-state index contributed by atoms with van der Waals surface area (Å²) in [6.45, 7) is 1.88. The molecule has 1 atom stereocenters. The highest BCUT2D eigenvalue weighted by Crippen LogP contribution is 2.42. The van der Waals surface area contributed by atoms with E-state index in [1.165, 1.54) is 5.56 Å². The zero-order valence-electron chi connectivity index (χ0n) is 22.3. The van der Waals surface area contributed by atoms with E-state index in [-0.39, 0.29) is 6.04 Å². The molecule has 1 aliphatic heterocycles. The molecule has 0 amide bonds. The maximum absolute atomic E-state index is 6.65. The van der Waals surface area contributed by atoms with Crippen molar-refractivity contribution in [2.75, 3.05) is 44.7 Å². The number of nitrogens with two attached hydrogens (primary N) is 2. The average molecular weight is 527 g/mol. The molecule has 8 heteroatoms. The maximum atomic E-state index is 6.65. The van der Waals surface area contributed by atoms with Gasteiger partial charge in [0.25, 0.3) is 0 Å². The fourth-order valence-electron chi connectivity index (χ4n) is 4.79. The van der Waals surface area contributed by atoms with Crippen molar-refractivity contribution in [3.05, 3.63) is 89.9 Å². The molecule has 1 aromatic heterocycles. The standard InChI is InChI=1S/C31H34N4O4/c1-36-12-13-38-31-28-15-22-19-35(11-10-26(22)30(33)27(28)8-9-29(31)37-2)24-16-25(18-34-17-24)39-20-23(32)14-21-6-4-3-5-7-21/h3-11,15-18,23H,12-14,19-20,32-33H2,1-2H3/t23-/m1/s1. The van der Waals surface area contributed by atoms with E-state index in [4.69, 9.17) is 30.4 Å². The van der Waals surface area contributed by atoms with Gasteiger partial charge in [-0.1, -0.05) is 30.3 Å². The number of ether oxygens (including phenoxy) is 4. The second-order valence-corrected chi connectivity index (χ2v) is 9.48. The van der Waals surface area contributed by atoms with Crippen LogP contribution < -0.4 is 30.6 Å². The minimum atomic E-state index is -0.119. The molecule has 0 spiro atoms. The number of nitrogen functional groups attached to an aromatic ring is 1. The van der Waals surface area contributed by atoms with E-state index in [1.54, 1.807) is 20.4 Å². The van der Waals surface area contributed by atoms with Crippen LogP contribution >= 0.6 is 0 Å². The molecule has 0 saturated carbocycles. The van der Waals surface area contributed by atoms with E-state index in [2.05, 4.69) is 28.1 Å². The first-order chi connectivity index (χ1) is 19.1. The van der Waals surface area contributed by atoms with Gasteiger partial charge in [-0.2, -0.15) is 0 Å². The maximum Gasteiger partial charge on any atom is 0.169 e. The van der Waals surface area contributed by atoms with Gasteiger partial charge in [0.15, 0.2) is 11.5 Å². The van der Waals surface area contributed by atoms with Crippen LogP contribution in [-0.2, 0) is 17.7 Å². The van der Waals surface area contributed by atoms with Crippen molar-refractivity contribution in [3.8, 4) is 17.2 Å². The fraction of sp³-hybridized carbons (Fsp3) is 0.258. The summed E-state index contributed by atoms with van der Waals surface area (Å²) in [6, 6.07) is 18.0. The van der Waals surface area contributed by atoms with Crippen molar-refractivity contribution in [3.63, 3.8) is 0 Å². The largest absolute Gasteiger partial charge is 0.493 e. The molecule has 0 radical (unpaired) electrons. The van der Waals surface area contributed by atoms with Crippen LogP contribution in [0.2, 0.25) is 0 Å². The first kappa shape index (κ1) is 26.3. The molecular weight excluding hydrogens is 492 g/mol. The summed E-state index contributed by atoms with van der Waals surface area (Å²) in [7, 11) is 3.28. The molecule has 202 valence electrons. The number of benzene rings is 3. The molecule has 4 N–H and O–H groups in total. The summed E-state index contributed by atoms with van der Waals surface area (Å²) in [5.74, 6) is 1.99. The Morgan fingerprint density at radius 1 is 0.974 bits per heavy atom. The predicted octanol–water partition coefficient (Wildman–Crippen LogP) is 4.79. The third-order valence-electron chi connectivity index (χ3n) is 6.76. The Kier molecular flexibility index (Phi) is 8.15. The topological polar surface area (TPSA) is 105 Å². The van der Waals surface area contributed by atoms with E-state index in [1.807, 2.05) is 54.9 Å². The third-order valence-corrected chi connectivity index (χ3v) is 6.76. The van der Waals surface area contributed by atoms with Crippen molar-refractivity contribution < 1.29 is 18.9 Å². The van der Waals surface area contributed by atoms with Gasteiger partial charge < -0.3 is 35.3 Å². The molecule has 0 aliphatic carbocycles. The Morgan fingerprint density at radius 2 is 1.82 bits per heavy atom. The lowest BCUT2D eigenvalue weighted by molar-refractivity contribution is 0.145. The SMILES string of the molecule is COCCOc1c(OC)ccc2c(N)c3c(cc12)CN(c1cncc(OC[C@H](N)Cc2ccccc2)c1)C=C3. The molecule has 0 bridgehead atoms. The van der Waals surface area contributed by atoms with Gasteiger partial charge >= 0.3 is 0 Å². The van der Waals surface area contributed by atoms with Gasteiger partial charge in [-0.05, 0) is 41.8 Å². The number of rotatable bonds is 11. The smallest absolute Gasteiger partial charge is 0.169 e. The lowest BCUT2D eigenvalue weighted by atomic mass is 9.95. The molecule has 5 rings (SSSR count). The number of nitrogens with zero attached hydrogens (tertiary/aromatic N) is 2. The van der Waals surface area contributed by atoms with Crippen molar-refractivity contribution >= 4 is 28.2 Å². The minimum Gasteiger partial charge on any atom is -0.493 e. The molecule has 0 unspecified atom stereocenters. The summed E-state index contributed by atoms with van der Waals surface area (Å²) in [4.78, 5) is 6.52. The first-order valence-corrected chi connectivity index (χ1v) is 12.9. The molecule has 0 saturated heterocycles. The number of hydrogen-bond acceptors (Lipinski definition) is 8. The number of pyridine rings is 1. The van der Waals surface area contributed by atoms with E-state index in [0.717, 1.165) is 34.0 Å². The summed E-state index contributed by atoms with van der Waals surface area (Å²) in [6.07, 6.45) is 8.33. The van der Waals surface area contributed by atoms with Crippen molar-refractivity contribution in [2.24, 2.45) is 5.73 Å². The highest BCUT2D eigenvalue weighted by atomic mass is 16.5. The molecule has 3 aromatic carbocycles. The Bertz CT molecular complexity index is 1460. The Hall–Kier alpha value is -4.27. The Balaban J connectivity index is 1.35. The van der Waals surface area contributed by atoms with E-state index >= 15 is 0 Å². The van der Waals surface area contributed by atoms with Crippen molar-refractivity contribution in [1.29, 1.82) is 0 Å². The van der Waals surface area contributed by atoms with E-state index < -0.39 is 0 Å². The van der Waals surface area contributed by atoms with Gasteiger partial charge in [-0.3, -0.25) is 4.98 Å². The normalized spacial score (nSPS) is 13.3. The minimum absolute atomic E-state index is 0.119. The van der Waals surface area contributed by atoms with Gasteiger partial charge in [-0.15, -0.1) is 0 Å². The molecular formula is C31H34N4O4. The second-order valence-electron chi connectivity index (χ2n) is 9.48.